The summed E-state index contributed by atoms with van der Waals surface area (Å²) < 4.78 is 10.6. The molecular weight excluding hydrogens is 350 g/mol. The molecule has 0 saturated carbocycles. The third-order valence-corrected chi connectivity index (χ3v) is 3.43. The molecule has 0 aliphatic rings. The molecule has 0 amide bonds. The SMILES string of the molecule is CC.CC.CC(C)c1nnc(-c2ccccc2)o1.CCc1ccncc1OC. The molecule has 3 rings (SSSR count). The summed E-state index contributed by atoms with van der Waals surface area (Å²) >= 11 is 0. The molecule has 28 heavy (non-hydrogen) atoms. The molecule has 2 heterocycles. The van der Waals surface area contributed by atoms with Gasteiger partial charge in [0, 0.05) is 17.7 Å². The van der Waals surface area contributed by atoms with Crippen LogP contribution in [0, 0.1) is 0 Å². The first-order valence-corrected chi connectivity index (χ1v) is 10.0. The van der Waals surface area contributed by atoms with Crippen molar-refractivity contribution in [1.29, 1.82) is 0 Å². The van der Waals surface area contributed by atoms with Gasteiger partial charge in [-0.05, 0) is 30.2 Å². The molecular formula is C23H35N3O2. The molecule has 0 unspecified atom stereocenters. The largest absolute Gasteiger partial charge is 0.495 e. The Kier molecular flexibility index (Phi) is 13.9. The van der Waals surface area contributed by atoms with E-state index < -0.39 is 0 Å². The lowest BCUT2D eigenvalue weighted by Gasteiger charge is -2.03. The predicted octanol–water partition coefficient (Wildman–Crippen LogP) is 6.57. The minimum atomic E-state index is 0.278. The maximum atomic E-state index is 5.51. The Morgan fingerprint density at radius 2 is 1.61 bits per heavy atom. The number of rotatable bonds is 4. The van der Waals surface area contributed by atoms with E-state index in [0.29, 0.717) is 11.8 Å². The highest BCUT2D eigenvalue weighted by Crippen LogP contribution is 2.20. The van der Waals surface area contributed by atoms with E-state index in [4.69, 9.17) is 9.15 Å². The Labute approximate surface area is 170 Å². The Morgan fingerprint density at radius 1 is 0.964 bits per heavy atom. The number of nitrogens with zero attached hydrogens (tertiary/aromatic N) is 3. The van der Waals surface area contributed by atoms with Crippen molar-refractivity contribution in [1.82, 2.24) is 15.2 Å². The lowest BCUT2D eigenvalue weighted by molar-refractivity contribution is 0.408. The van der Waals surface area contributed by atoms with E-state index in [1.807, 2.05) is 77.9 Å². The van der Waals surface area contributed by atoms with Crippen molar-refractivity contribution < 1.29 is 9.15 Å². The van der Waals surface area contributed by atoms with Crippen LogP contribution in [0.25, 0.3) is 11.5 Å². The van der Waals surface area contributed by atoms with Crippen molar-refractivity contribution in [2.24, 2.45) is 0 Å². The highest BCUT2D eigenvalue weighted by Gasteiger charge is 2.10. The van der Waals surface area contributed by atoms with Gasteiger partial charge in [-0.3, -0.25) is 4.98 Å². The van der Waals surface area contributed by atoms with Crippen LogP contribution in [-0.2, 0) is 6.42 Å². The molecule has 0 N–H and O–H groups in total. The molecule has 0 fully saturated rings. The summed E-state index contributed by atoms with van der Waals surface area (Å²) in [4.78, 5) is 3.94. The van der Waals surface area contributed by atoms with Crippen LogP contribution < -0.4 is 4.74 Å². The minimum absolute atomic E-state index is 0.278. The molecule has 0 aliphatic carbocycles. The molecule has 154 valence electrons. The van der Waals surface area contributed by atoms with Gasteiger partial charge in [0.25, 0.3) is 0 Å². The highest BCUT2D eigenvalue weighted by atomic mass is 16.5. The topological polar surface area (TPSA) is 61.0 Å². The summed E-state index contributed by atoms with van der Waals surface area (Å²) in [6, 6.07) is 11.8. The molecule has 0 radical (unpaired) electrons. The summed E-state index contributed by atoms with van der Waals surface area (Å²) in [6.45, 7) is 14.2. The number of benzene rings is 1. The summed E-state index contributed by atoms with van der Waals surface area (Å²) in [5.41, 5.74) is 2.17. The van der Waals surface area contributed by atoms with Gasteiger partial charge in [0.1, 0.15) is 5.75 Å². The van der Waals surface area contributed by atoms with E-state index in [1.54, 1.807) is 19.5 Å². The Balaban J connectivity index is 0.000000460. The quantitative estimate of drug-likeness (QED) is 0.508. The molecule has 3 aromatic rings. The zero-order valence-electron chi connectivity index (χ0n) is 18.6. The molecule has 0 atom stereocenters. The van der Waals surface area contributed by atoms with Crippen LogP contribution in [0.5, 0.6) is 5.75 Å². The van der Waals surface area contributed by atoms with Crippen molar-refractivity contribution in [2.45, 2.75) is 60.8 Å². The monoisotopic (exact) mass is 385 g/mol. The molecule has 0 bridgehead atoms. The van der Waals surface area contributed by atoms with Gasteiger partial charge >= 0.3 is 0 Å². The lowest BCUT2D eigenvalue weighted by atomic mass is 10.2. The zero-order valence-corrected chi connectivity index (χ0v) is 18.6. The molecule has 5 nitrogen and oxygen atoms in total. The number of hydrogen-bond donors (Lipinski definition) is 0. The molecule has 0 spiro atoms. The van der Waals surface area contributed by atoms with E-state index in [0.717, 1.165) is 17.7 Å². The fourth-order valence-corrected chi connectivity index (χ4v) is 2.05. The number of pyridine rings is 1. The van der Waals surface area contributed by atoms with Crippen molar-refractivity contribution in [2.75, 3.05) is 7.11 Å². The smallest absolute Gasteiger partial charge is 0.247 e. The van der Waals surface area contributed by atoms with Crippen LogP contribution >= 0.6 is 0 Å². The number of hydrogen-bond acceptors (Lipinski definition) is 5. The van der Waals surface area contributed by atoms with E-state index >= 15 is 0 Å². The van der Waals surface area contributed by atoms with Crippen LogP contribution in [0.2, 0.25) is 0 Å². The lowest BCUT2D eigenvalue weighted by Crippen LogP contribution is -1.90. The van der Waals surface area contributed by atoms with Gasteiger partial charge < -0.3 is 9.15 Å². The van der Waals surface area contributed by atoms with Crippen molar-refractivity contribution in [3.8, 4) is 17.2 Å². The number of methoxy groups -OCH3 is 1. The van der Waals surface area contributed by atoms with Crippen molar-refractivity contribution in [3.63, 3.8) is 0 Å². The van der Waals surface area contributed by atoms with E-state index in [2.05, 4.69) is 22.1 Å². The van der Waals surface area contributed by atoms with Crippen molar-refractivity contribution >= 4 is 0 Å². The second-order valence-corrected chi connectivity index (χ2v) is 5.51. The van der Waals surface area contributed by atoms with Gasteiger partial charge in [0.15, 0.2) is 0 Å². The number of aromatic nitrogens is 3. The van der Waals surface area contributed by atoms with E-state index in [1.165, 1.54) is 5.56 Å². The second-order valence-electron chi connectivity index (χ2n) is 5.51. The average molecular weight is 386 g/mol. The van der Waals surface area contributed by atoms with Crippen LogP contribution in [0.1, 0.15) is 65.8 Å². The molecule has 0 saturated heterocycles. The van der Waals surface area contributed by atoms with Gasteiger partial charge in [-0.1, -0.05) is 66.7 Å². The van der Waals surface area contributed by atoms with Crippen LogP contribution in [-0.4, -0.2) is 22.3 Å². The van der Waals surface area contributed by atoms with Gasteiger partial charge in [-0.25, -0.2) is 0 Å². The molecule has 1 aromatic carbocycles. The maximum absolute atomic E-state index is 5.51. The average Bonchev–Trinajstić information content (AvgIpc) is 3.28. The summed E-state index contributed by atoms with van der Waals surface area (Å²) in [6.07, 6.45) is 4.51. The van der Waals surface area contributed by atoms with E-state index in [-0.39, 0.29) is 5.92 Å². The molecule has 2 aromatic heterocycles. The third kappa shape index (κ3) is 8.33. The minimum Gasteiger partial charge on any atom is -0.495 e. The highest BCUT2D eigenvalue weighted by molar-refractivity contribution is 5.51. The summed E-state index contributed by atoms with van der Waals surface area (Å²) in [5.74, 6) is 2.43. The first-order valence-electron chi connectivity index (χ1n) is 10.0. The number of aryl methyl sites for hydroxylation is 1. The first-order chi connectivity index (χ1) is 13.7. The molecule has 5 heteroatoms. The fraction of sp³-hybridized carbons (Fsp3) is 0.435. The summed E-state index contributed by atoms with van der Waals surface area (Å²) in [7, 11) is 1.66. The zero-order chi connectivity index (χ0) is 21.4. The predicted molar refractivity (Wildman–Crippen MR) is 117 cm³/mol. The van der Waals surface area contributed by atoms with Crippen LogP contribution in [0.15, 0.2) is 53.2 Å². The number of ether oxygens (including phenoxy) is 1. The normalized spacial score (nSPS) is 9.18. The standard InChI is InChI=1S/C11H12N2O.C8H11NO.2C2H6/c1-8(2)10-12-13-11(14-10)9-6-4-3-5-7-9;1-3-7-4-5-9-6-8(7)10-2;2*1-2/h3-8H,1-2H3;4-6H,3H2,1-2H3;2*1-2H3. The second kappa shape index (κ2) is 15.4. The maximum Gasteiger partial charge on any atom is 0.247 e. The Morgan fingerprint density at radius 3 is 2.07 bits per heavy atom. The van der Waals surface area contributed by atoms with Crippen LogP contribution in [0.4, 0.5) is 0 Å². The fourth-order valence-electron chi connectivity index (χ4n) is 2.05. The van der Waals surface area contributed by atoms with Gasteiger partial charge in [0.05, 0.1) is 13.3 Å². The van der Waals surface area contributed by atoms with Gasteiger partial charge in [-0.15, -0.1) is 10.2 Å². The first kappa shape index (κ1) is 25.3. The Hall–Kier alpha value is -2.69. The summed E-state index contributed by atoms with van der Waals surface area (Å²) in [5, 5.41) is 7.97. The van der Waals surface area contributed by atoms with Crippen LogP contribution in [0.3, 0.4) is 0 Å². The third-order valence-electron chi connectivity index (χ3n) is 3.43. The van der Waals surface area contributed by atoms with E-state index in [9.17, 15) is 0 Å². The van der Waals surface area contributed by atoms with Gasteiger partial charge in [-0.2, -0.15) is 0 Å². The Bertz CT molecular complexity index is 717. The van der Waals surface area contributed by atoms with Gasteiger partial charge in [0.2, 0.25) is 11.8 Å². The molecule has 0 aliphatic heterocycles. The van der Waals surface area contributed by atoms with Crippen molar-refractivity contribution in [3.05, 3.63) is 60.2 Å².